The van der Waals surface area contributed by atoms with Gasteiger partial charge in [0.15, 0.2) is 0 Å². The van der Waals surface area contributed by atoms with Gasteiger partial charge in [0, 0.05) is 24.1 Å². The number of anilines is 1. The minimum absolute atomic E-state index is 0.670. The number of rotatable bonds is 2. The van der Waals surface area contributed by atoms with Crippen molar-refractivity contribution in [2.75, 3.05) is 16.8 Å². The standard InChI is InChI=1S/C10H14N2S/c1-5-11-6-2-9(1)12-10-3-7-13-8-4-10/h1-2,5-6,10H,3-4,7-8H2,(H,11,12). The van der Waals surface area contributed by atoms with Gasteiger partial charge < -0.3 is 5.32 Å². The molecule has 1 N–H and O–H groups in total. The van der Waals surface area contributed by atoms with Gasteiger partial charge in [0.2, 0.25) is 0 Å². The molecule has 1 saturated heterocycles. The summed E-state index contributed by atoms with van der Waals surface area (Å²) < 4.78 is 0. The summed E-state index contributed by atoms with van der Waals surface area (Å²) >= 11 is 2.06. The Kier molecular flexibility index (Phi) is 3.08. The molecule has 1 aliphatic heterocycles. The van der Waals surface area contributed by atoms with Gasteiger partial charge in [-0.15, -0.1) is 0 Å². The van der Waals surface area contributed by atoms with E-state index in [1.165, 1.54) is 30.0 Å². The molecule has 0 atom stereocenters. The normalized spacial score (nSPS) is 18.5. The SMILES string of the molecule is c1cc(NC2CCSCC2)ccn1. The predicted molar refractivity (Wildman–Crippen MR) is 58.2 cm³/mol. The highest BCUT2D eigenvalue weighted by Gasteiger charge is 2.12. The van der Waals surface area contributed by atoms with Crippen molar-refractivity contribution in [1.82, 2.24) is 4.98 Å². The lowest BCUT2D eigenvalue weighted by Crippen LogP contribution is -2.24. The molecule has 0 amide bonds. The van der Waals surface area contributed by atoms with Crippen LogP contribution in [0.2, 0.25) is 0 Å². The Balaban J connectivity index is 1.90. The van der Waals surface area contributed by atoms with Crippen LogP contribution in [0.4, 0.5) is 5.69 Å². The largest absolute Gasteiger partial charge is 0.382 e. The number of pyridine rings is 1. The molecule has 0 radical (unpaired) electrons. The van der Waals surface area contributed by atoms with Crippen LogP contribution in [0.5, 0.6) is 0 Å². The summed E-state index contributed by atoms with van der Waals surface area (Å²) in [4.78, 5) is 3.99. The van der Waals surface area contributed by atoms with Crippen LogP contribution in [-0.4, -0.2) is 22.5 Å². The summed E-state index contributed by atoms with van der Waals surface area (Å²) in [5.41, 5.74) is 1.20. The maximum atomic E-state index is 3.99. The Hall–Kier alpha value is -0.700. The Morgan fingerprint density at radius 1 is 1.23 bits per heavy atom. The van der Waals surface area contributed by atoms with Crippen molar-refractivity contribution in [3.8, 4) is 0 Å². The molecule has 0 bridgehead atoms. The van der Waals surface area contributed by atoms with E-state index in [1.54, 1.807) is 0 Å². The molecule has 13 heavy (non-hydrogen) atoms. The van der Waals surface area contributed by atoms with Gasteiger partial charge >= 0.3 is 0 Å². The highest BCUT2D eigenvalue weighted by atomic mass is 32.2. The van der Waals surface area contributed by atoms with E-state index in [4.69, 9.17) is 0 Å². The highest BCUT2D eigenvalue weighted by Crippen LogP contribution is 2.20. The van der Waals surface area contributed by atoms with E-state index in [0.29, 0.717) is 6.04 Å². The Bertz CT molecular complexity index is 244. The number of thioether (sulfide) groups is 1. The molecule has 0 unspecified atom stereocenters. The fourth-order valence-corrected chi connectivity index (χ4v) is 2.63. The summed E-state index contributed by atoms with van der Waals surface area (Å²) in [6.45, 7) is 0. The molecule has 3 heteroatoms. The number of nitrogens with one attached hydrogen (secondary N) is 1. The van der Waals surface area contributed by atoms with Crippen LogP contribution in [-0.2, 0) is 0 Å². The van der Waals surface area contributed by atoms with Crippen LogP contribution >= 0.6 is 11.8 Å². The third kappa shape index (κ3) is 2.62. The van der Waals surface area contributed by atoms with Crippen molar-refractivity contribution in [3.05, 3.63) is 24.5 Å². The van der Waals surface area contributed by atoms with Gasteiger partial charge in [-0.1, -0.05) is 0 Å². The van der Waals surface area contributed by atoms with E-state index in [-0.39, 0.29) is 0 Å². The zero-order chi connectivity index (χ0) is 8.93. The molecule has 70 valence electrons. The van der Waals surface area contributed by atoms with Gasteiger partial charge in [0.25, 0.3) is 0 Å². The quantitative estimate of drug-likeness (QED) is 0.782. The van der Waals surface area contributed by atoms with Crippen molar-refractivity contribution in [3.63, 3.8) is 0 Å². The number of hydrogen-bond acceptors (Lipinski definition) is 3. The molecule has 0 saturated carbocycles. The van der Waals surface area contributed by atoms with Crippen LogP contribution in [0.25, 0.3) is 0 Å². The molecule has 0 aliphatic carbocycles. The Morgan fingerprint density at radius 3 is 2.62 bits per heavy atom. The summed E-state index contributed by atoms with van der Waals surface area (Å²) in [5.74, 6) is 2.59. The molecule has 1 fully saturated rings. The summed E-state index contributed by atoms with van der Waals surface area (Å²) in [7, 11) is 0. The van der Waals surface area contributed by atoms with Crippen LogP contribution in [0.1, 0.15) is 12.8 Å². The summed E-state index contributed by atoms with van der Waals surface area (Å²) in [5, 5.41) is 3.53. The monoisotopic (exact) mass is 194 g/mol. The maximum Gasteiger partial charge on any atom is 0.0373 e. The number of aromatic nitrogens is 1. The number of hydrogen-bond donors (Lipinski definition) is 1. The van der Waals surface area contributed by atoms with Crippen molar-refractivity contribution in [1.29, 1.82) is 0 Å². The molecule has 0 aromatic carbocycles. The molecule has 2 rings (SSSR count). The van der Waals surface area contributed by atoms with Gasteiger partial charge in [-0.05, 0) is 36.5 Å². The van der Waals surface area contributed by atoms with Gasteiger partial charge in [-0.25, -0.2) is 0 Å². The zero-order valence-corrected chi connectivity index (χ0v) is 8.39. The van der Waals surface area contributed by atoms with E-state index in [0.717, 1.165) is 0 Å². The highest BCUT2D eigenvalue weighted by molar-refractivity contribution is 7.99. The summed E-state index contributed by atoms with van der Waals surface area (Å²) in [6.07, 6.45) is 6.24. The van der Waals surface area contributed by atoms with Crippen molar-refractivity contribution < 1.29 is 0 Å². The fraction of sp³-hybridized carbons (Fsp3) is 0.500. The topological polar surface area (TPSA) is 24.9 Å². The second-order valence-electron chi connectivity index (χ2n) is 3.27. The first-order chi connectivity index (χ1) is 6.45. The van der Waals surface area contributed by atoms with Crippen molar-refractivity contribution >= 4 is 17.4 Å². The van der Waals surface area contributed by atoms with E-state index < -0.39 is 0 Å². The second kappa shape index (κ2) is 4.51. The average molecular weight is 194 g/mol. The molecular formula is C10H14N2S. The molecule has 1 aromatic rings. The zero-order valence-electron chi connectivity index (χ0n) is 7.57. The minimum Gasteiger partial charge on any atom is -0.382 e. The van der Waals surface area contributed by atoms with E-state index in [1.807, 2.05) is 24.5 Å². The average Bonchev–Trinajstić information content (AvgIpc) is 2.21. The maximum absolute atomic E-state index is 3.99. The van der Waals surface area contributed by atoms with E-state index in [9.17, 15) is 0 Å². The lowest BCUT2D eigenvalue weighted by atomic mass is 10.1. The lowest BCUT2D eigenvalue weighted by molar-refractivity contribution is 0.667. The fourth-order valence-electron chi connectivity index (χ4n) is 1.53. The van der Waals surface area contributed by atoms with E-state index >= 15 is 0 Å². The van der Waals surface area contributed by atoms with Crippen LogP contribution < -0.4 is 5.32 Å². The van der Waals surface area contributed by atoms with Crippen molar-refractivity contribution in [2.45, 2.75) is 18.9 Å². The Morgan fingerprint density at radius 2 is 1.92 bits per heavy atom. The first-order valence-corrected chi connectivity index (χ1v) is 5.85. The minimum atomic E-state index is 0.670. The molecular weight excluding hydrogens is 180 g/mol. The van der Waals surface area contributed by atoms with Gasteiger partial charge in [0.1, 0.15) is 0 Å². The van der Waals surface area contributed by atoms with Gasteiger partial charge in [-0.3, -0.25) is 4.98 Å². The molecule has 1 aromatic heterocycles. The second-order valence-corrected chi connectivity index (χ2v) is 4.49. The lowest BCUT2D eigenvalue weighted by Gasteiger charge is -2.23. The molecule has 2 nitrogen and oxygen atoms in total. The smallest absolute Gasteiger partial charge is 0.0373 e. The first-order valence-electron chi connectivity index (χ1n) is 4.69. The van der Waals surface area contributed by atoms with Gasteiger partial charge in [0.05, 0.1) is 0 Å². The molecule has 1 aliphatic rings. The van der Waals surface area contributed by atoms with Crippen molar-refractivity contribution in [2.24, 2.45) is 0 Å². The van der Waals surface area contributed by atoms with Gasteiger partial charge in [-0.2, -0.15) is 11.8 Å². The first kappa shape index (κ1) is 8.88. The third-order valence-electron chi connectivity index (χ3n) is 2.27. The third-order valence-corrected chi connectivity index (χ3v) is 3.32. The molecule has 2 heterocycles. The van der Waals surface area contributed by atoms with E-state index in [2.05, 4.69) is 22.1 Å². The number of nitrogens with zero attached hydrogens (tertiary/aromatic N) is 1. The van der Waals surface area contributed by atoms with Crippen LogP contribution in [0, 0.1) is 0 Å². The van der Waals surface area contributed by atoms with Crippen LogP contribution in [0.3, 0.4) is 0 Å². The van der Waals surface area contributed by atoms with Crippen LogP contribution in [0.15, 0.2) is 24.5 Å². The predicted octanol–water partition coefficient (Wildman–Crippen LogP) is 2.39. The Labute approximate surface area is 83.1 Å². The summed E-state index contributed by atoms with van der Waals surface area (Å²) in [6, 6.07) is 4.73. The molecule has 0 spiro atoms.